The van der Waals surface area contributed by atoms with Crippen molar-refractivity contribution in [1.29, 1.82) is 0 Å². The largest absolute Gasteiger partial charge is 0.495 e. The quantitative estimate of drug-likeness (QED) is 0.412. The van der Waals surface area contributed by atoms with Crippen molar-refractivity contribution in [2.45, 2.75) is 97.2 Å². The van der Waals surface area contributed by atoms with Crippen LogP contribution in [0, 0.1) is 17.8 Å². The van der Waals surface area contributed by atoms with Gasteiger partial charge in [-0.05, 0) is 75.5 Å². The molecule has 0 radical (unpaired) electrons. The number of anilines is 4. The first-order chi connectivity index (χ1) is 19.7. The van der Waals surface area contributed by atoms with Crippen molar-refractivity contribution >= 4 is 35.0 Å². The lowest BCUT2D eigenvalue weighted by Crippen LogP contribution is -2.54. The molecule has 5 atom stereocenters. The van der Waals surface area contributed by atoms with Crippen molar-refractivity contribution in [1.82, 2.24) is 15.3 Å². The molecular formula is C32H46N6O3. The summed E-state index contributed by atoms with van der Waals surface area (Å²) in [4.78, 5) is 39.2. The van der Waals surface area contributed by atoms with Crippen LogP contribution in [0.3, 0.4) is 0 Å². The first-order valence-corrected chi connectivity index (χ1v) is 15.4. The number of nitrogens with zero attached hydrogens (tertiary/aromatic N) is 4. The van der Waals surface area contributed by atoms with E-state index in [9.17, 15) is 9.59 Å². The van der Waals surface area contributed by atoms with E-state index >= 15 is 0 Å². The molecule has 2 N–H and O–H groups in total. The van der Waals surface area contributed by atoms with E-state index in [1.165, 1.54) is 32.1 Å². The molecule has 3 aliphatic rings. The Hall–Kier alpha value is -3.36. The summed E-state index contributed by atoms with van der Waals surface area (Å²) in [5.74, 6) is 3.98. The van der Waals surface area contributed by atoms with Gasteiger partial charge in [-0.15, -0.1) is 0 Å². The zero-order valence-corrected chi connectivity index (χ0v) is 25.4. The number of aromatic nitrogens is 2. The smallest absolute Gasteiger partial charge is 0.251 e. The van der Waals surface area contributed by atoms with Crippen LogP contribution in [0.25, 0.3) is 0 Å². The van der Waals surface area contributed by atoms with Gasteiger partial charge in [0.15, 0.2) is 5.82 Å². The highest BCUT2D eigenvalue weighted by Gasteiger charge is 2.39. The van der Waals surface area contributed by atoms with Gasteiger partial charge in [-0.1, -0.05) is 39.5 Å². The summed E-state index contributed by atoms with van der Waals surface area (Å²) < 4.78 is 5.67. The molecule has 2 unspecified atom stereocenters. The topological polar surface area (TPSA) is 99.7 Å². The fraction of sp³-hybridized carbons (Fsp3) is 0.625. The molecule has 0 bridgehead atoms. The summed E-state index contributed by atoms with van der Waals surface area (Å²) in [6.07, 6.45) is 11.1. The van der Waals surface area contributed by atoms with Crippen LogP contribution in [0.2, 0.25) is 0 Å². The third-order valence-electron chi connectivity index (χ3n) is 9.54. The number of methoxy groups -OCH3 is 1. The molecule has 222 valence electrons. The predicted octanol–water partition coefficient (Wildman–Crippen LogP) is 5.92. The Morgan fingerprint density at radius 1 is 1.12 bits per heavy atom. The Bertz CT molecular complexity index is 1270. The van der Waals surface area contributed by atoms with Crippen molar-refractivity contribution in [3.63, 3.8) is 0 Å². The van der Waals surface area contributed by atoms with Gasteiger partial charge in [0.2, 0.25) is 11.9 Å². The van der Waals surface area contributed by atoms with Gasteiger partial charge < -0.3 is 25.2 Å². The van der Waals surface area contributed by atoms with E-state index in [2.05, 4.69) is 41.3 Å². The number of ether oxygens (including phenoxy) is 1. The molecule has 9 nitrogen and oxygen atoms in total. The van der Waals surface area contributed by atoms with Crippen LogP contribution in [0.1, 0.15) is 89.4 Å². The van der Waals surface area contributed by atoms with Gasteiger partial charge in [0.25, 0.3) is 5.91 Å². The van der Waals surface area contributed by atoms with Crippen molar-refractivity contribution in [2.75, 3.05) is 29.3 Å². The van der Waals surface area contributed by atoms with Crippen molar-refractivity contribution in [3.8, 4) is 5.75 Å². The Morgan fingerprint density at radius 3 is 2.61 bits per heavy atom. The SMILES string of the molecule is CCC1CCC[C@H]2CC(NC(=O)c3ccc(Nc4ncc5c(n4)N(C(C)C)[C@H](CC)C(=O)N5C)c(OC)c3)C[C@H]2C1. The lowest BCUT2D eigenvalue weighted by Gasteiger charge is -2.42. The molecule has 2 amide bonds. The molecule has 0 saturated heterocycles. The second-order valence-corrected chi connectivity index (χ2v) is 12.4. The average molecular weight is 563 g/mol. The third-order valence-corrected chi connectivity index (χ3v) is 9.54. The molecule has 2 fully saturated rings. The maximum atomic E-state index is 13.3. The molecule has 0 spiro atoms. The van der Waals surface area contributed by atoms with Gasteiger partial charge in [-0.25, -0.2) is 4.98 Å². The number of nitrogens with one attached hydrogen (secondary N) is 2. The predicted molar refractivity (Wildman–Crippen MR) is 163 cm³/mol. The van der Waals surface area contributed by atoms with Crippen molar-refractivity contribution in [3.05, 3.63) is 30.0 Å². The zero-order valence-electron chi connectivity index (χ0n) is 25.4. The highest BCUT2D eigenvalue weighted by atomic mass is 16.5. The number of likely N-dealkylation sites (N-methyl/N-ethyl adjacent to an activating group) is 1. The van der Waals surface area contributed by atoms with E-state index in [1.54, 1.807) is 31.3 Å². The van der Waals surface area contributed by atoms with Gasteiger partial charge in [0.05, 0.1) is 19.0 Å². The van der Waals surface area contributed by atoms with Crippen LogP contribution in [-0.4, -0.2) is 54.1 Å². The summed E-state index contributed by atoms with van der Waals surface area (Å²) in [6.45, 7) is 8.46. The van der Waals surface area contributed by atoms with E-state index in [0.717, 1.165) is 36.4 Å². The molecule has 2 heterocycles. The zero-order chi connectivity index (χ0) is 29.3. The Kier molecular flexibility index (Phi) is 8.71. The normalized spacial score (nSPS) is 25.9. The number of carbonyl (C=O) groups excluding carboxylic acids is 2. The summed E-state index contributed by atoms with van der Waals surface area (Å²) in [6, 6.07) is 5.49. The molecule has 1 aromatic carbocycles. The second-order valence-electron chi connectivity index (χ2n) is 12.4. The lowest BCUT2D eigenvalue weighted by atomic mass is 9.87. The van der Waals surface area contributed by atoms with Gasteiger partial charge in [-0.2, -0.15) is 4.98 Å². The molecule has 9 heteroatoms. The molecule has 5 rings (SSSR count). The van der Waals surface area contributed by atoms with E-state index in [4.69, 9.17) is 9.72 Å². The molecule has 1 aliphatic heterocycles. The lowest BCUT2D eigenvalue weighted by molar-refractivity contribution is -0.120. The number of fused-ring (bicyclic) bond motifs is 2. The van der Waals surface area contributed by atoms with Crippen LogP contribution in [0.5, 0.6) is 5.75 Å². The molecule has 2 saturated carbocycles. The minimum absolute atomic E-state index is 0.0468. The van der Waals surface area contributed by atoms with Crippen LogP contribution in [0.4, 0.5) is 23.1 Å². The number of carbonyl (C=O) groups is 2. The van der Waals surface area contributed by atoms with Gasteiger partial charge in [0, 0.05) is 24.7 Å². The summed E-state index contributed by atoms with van der Waals surface area (Å²) in [7, 11) is 3.37. The van der Waals surface area contributed by atoms with Crippen molar-refractivity contribution < 1.29 is 14.3 Å². The van der Waals surface area contributed by atoms with Crippen molar-refractivity contribution in [2.24, 2.45) is 17.8 Å². The molecule has 2 aromatic rings. The van der Waals surface area contributed by atoms with Gasteiger partial charge in [-0.3, -0.25) is 9.59 Å². The minimum Gasteiger partial charge on any atom is -0.495 e. The van der Waals surface area contributed by atoms with Crippen LogP contribution in [0.15, 0.2) is 24.4 Å². The third kappa shape index (κ3) is 5.86. The van der Waals surface area contributed by atoms with Gasteiger partial charge >= 0.3 is 0 Å². The Balaban J connectivity index is 1.30. The van der Waals surface area contributed by atoms with E-state index in [0.29, 0.717) is 35.1 Å². The summed E-state index contributed by atoms with van der Waals surface area (Å²) in [5.41, 5.74) is 1.93. The Labute approximate surface area is 244 Å². The molecular weight excluding hydrogens is 516 g/mol. The number of hydrogen-bond donors (Lipinski definition) is 2. The van der Waals surface area contributed by atoms with E-state index in [1.807, 2.05) is 19.1 Å². The average Bonchev–Trinajstić information content (AvgIpc) is 3.23. The molecule has 1 aromatic heterocycles. The number of rotatable bonds is 8. The maximum absolute atomic E-state index is 13.3. The first-order valence-electron chi connectivity index (χ1n) is 15.4. The van der Waals surface area contributed by atoms with E-state index < -0.39 is 0 Å². The monoisotopic (exact) mass is 562 g/mol. The minimum atomic E-state index is -0.274. The fourth-order valence-corrected chi connectivity index (χ4v) is 7.32. The molecule has 2 aliphatic carbocycles. The van der Waals surface area contributed by atoms with Gasteiger partial charge in [0.1, 0.15) is 17.5 Å². The number of amides is 2. The van der Waals surface area contributed by atoms with Crippen LogP contribution < -0.4 is 25.2 Å². The van der Waals surface area contributed by atoms with Crippen LogP contribution in [-0.2, 0) is 4.79 Å². The maximum Gasteiger partial charge on any atom is 0.251 e. The van der Waals surface area contributed by atoms with Crippen LogP contribution >= 0.6 is 0 Å². The highest BCUT2D eigenvalue weighted by Crippen LogP contribution is 2.44. The second kappa shape index (κ2) is 12.2. The number of hydrogen-bond acceptors (Lipinski definition) is 7. The van der Waals surface area contributed by atoms with E-state index in [-0.39, 0.29) is 29.9 Å². The highest BCUT2D eigenvalue weighted by molar-refractivity contribution is 6.04. The fourth-order valence-electron chi connectivity index (χ4n) is 7.32. The summed E-state index contributed by atoms with van der Waals surface area (Å²) in [5, 5.41) is 6.59. The number of benzene rings is 1. The molecule has 41 heavy (non-hydrogen) atoms. The standard InChI is InChI=1S/C32H46N6O3/c1-7-20-10-9-11-21-15-24(16-23(21)14-20)34-30(39)22-12-13-25(28(17-22)41-6)35-32-33-18-27-29(36-32)38(19(3)4)26(8-2)31(40)37(27)5/h12-13,17-21,23-24,26H,7-11,14-16H2,1-6H3,(H,34,39)(H,33,35,36)/t20?,21-,23+,24?,26+/m0/s1. The summed E-state index contributed by atoms with van der Waals surface area (Å²) >= 11 is 0. The first kappa shape index (κ1) is 29.1. The Morgan fingerprint density at radius 2 is 1.90 bits per heavy atom.